The molecule has 1 N–H and O–H groups in total. The van der Waals surface area contributed by atoms with Crippen LogP contribution >= 0.6 is 0 Å². The number of nitrogens with zero attached hydrogens (tertiary/aromatic N) is 2. The van der Waals surface area contributed by atoms with Gasteiger partial charge < -0.3 is 5.32 Å². The molecule has 0 aliphatic heterocycles. The van der Waals surface area contributed by atoms with Crippen molar-refractivity contribution in [2.45, 2.75) is 41.5 Å². The summed E-state index contributed by atoms with van der Waals surface area (Å²) in [4.78, 5) is 8.81. The van der Waals surface area contributed by atoms with E-state index < -0.39 is 0 Å². The number of hydrogen-bond donors (Lipinski definition) is 1. The maximum atomic E-state index is 4.41. The highest BCUT2D eigenvalue weighted by atomic mass is 15.1. The zero-order valence-electron chi connectivity index (χ0n) is 11.8. The molecular weight excluding hydrogens is 210 g/mol. The largest absolute Gasteiger partial charge is 0.354 e. The Hall–Kier alpha value is -1.12. The third-order valence-electron chi connectivity index (χ3n) is 4.77. The molecule has 0 spiro atoms. The molecule has 94 valence electrons. The number of anilines is 1. The van der Waals surface area contributed by atoms with Crippen LogP contribution in [0.3, 0.4) is 0 Å². The third kappa shape index (κ3) is 2.03. The van der Waals surface area contributed by atoms with Gasteiger partial charge in [0.25, 0.3) is 0 Å². The van der Waals surface area contributed by atoms with Crippen molar-refractivity contribution in [1.29, 1.82) is 0 Å². The van der Waals surface area contributed by atoms with E-state index >= 15 is 0 Å². The lowest BCUT2D eigenvalue weighted by atomic mass is 10.0. The Morgan fingerprint density at radius 1 is 1.06 bits per heavy atom. The molecule has 0 saturated heterocycles. The van der Waals surface area contributed by atoms with E-state index in [1.807, 2.05) is 19.9 Å². The second kappa shape index (κ2) is 3.69. The molecule has 1 saturated carbocycles. The van der Waals surface area contributed by atoms with E-state index in [0.29, 0.717) is 16.7 Å². The number of hydrogen-bond acceptors (Lipinski definition) is 3. The standard InChI is InChI=1S/C14H23N3/c1-9-7-10(2)17-12(16-9)15-8-11-13(3,4)14(11,5)6/h7,11H,8H2,1-6H3,(H,15,16,17). The highest BCUT2D eigenvalue weighted by Gasteiger charge is 2.64. The van der Waals surface area contributed by atoms with Gasteiger partial charge in [-0.3, -0.25) is 0 Å². The van der Waals surface area contributed by atoms with E-state index in [1.54, 1.807) is 0 Å². The Morgan fingerprint density at radius 3 is 1.94 bits per heavy atom. The van der Waals surface area contributed by atoms with Crippen molar-refractivity contribution in [3.05, 3.63) is 17.5 Å². The molecule has 1 aromatic rings. The molecule has 1 aromatic heterocycles. The van der Waals surface area contributed by atoms with Gasteiger partial charge in [-0.2, -0.15) is 0 Å². The molecular formula is C14H23N3. The molecule has 3 nitrogen and oxygen atoms in total. The van der Waals surface area contributed by atoms with Crippen LogP contribution in [0.4, 0.5) is 5.95 Å². The van der Waals surface area contributed by atoms with Gasteiger partial charge in [-0.1, -0.05) is 27.7 Å². The van der Waals surface area contributed by atoms with Crippen molar-refractivity contribution in [3.63, 3.8) is 0 Å². The fraction of sp³-hybridized carbons (Fsp3) is 0.714. The summed E-state index contributed by atoms with van der Waals surface area (Å²) >= 11 is 0. The number of aryl methyl sites for hydroxylation is 2. The maximum Gasteiger partial charge on any atom is 0.223 e. The molecule has 1 heterocycles. The summed E-state index contributed by atoms with van der Waals surface area (Å²) in [5, 5.41) is 3.38. The first-order valence-electron chi connectivity index (χ1n) is 6.31. The maximum absolute atomic E-state index is 4.41. The van der Waals surface area contributed by atoms with Gasteiger partial charge in [-0.05, 0) is 36.7 Å². The van der Waals surface area contributed by atoms with Gasteiger partial charge in [0.1, 0.15) is 0 Å². The van der Waals surface area contributed by atoms with Gasteiger partial charge in [0.05, 0.1) is 0 Å². The summed E-state index contributed by atoms with van der Waals surface area (Å²) in [6.45, 7) is 14.3. The topological polar surface area (TPSA) is 37.8 Å². The van der Waals surface area contributed by atoms with Crippen molar-refractivity contribution in [2.24, 2.45) is 16.7 Å². The lowest BCUT2D eigenvalue weighted by molar-refractivity contribution is 0.457. The van der Waals surface area contributed by atoms with Gasteiger partial charge in [0.2, 0.25) is 5.95 Å². The second-order valence-corrected chi connectivity index (χ2v) is 6.35. The predicted molar refractivity (Wildman–Crippen MR) is 71.0 cm³/mol. The van der Waals surface area contributed by atoms with Crippen LogP contribution < -0.4 is 5.32 Å². The van der Waals surface area contributed by atoms with Crippen LogP contribution in [-0.2, 0) is 0 Å². The van der Waals surface area contributed by atoms with E-state index in [9.17, 15) is 0 Å². The monoisotopic (exact) mass is 233 g/mol. The SMILES string of the molecule is Cc1cc(C)nc(NCC2C(C)(C)C2(C)C)n1. The van der Waals surface area contributed by atoms with Crippen molar-refractivity contribution in [1.82, 2.24) is 9.97 Å². The van der Waals surface area contributed by atoms with Crippen LogP contribution in [0.25, 0.3) is 0 Å². The highest BCUT2D eigenvalue weighted by molar-refractivity contribution is 5.29. The molecule has 1 aliphatic rings. The second-order valence-electron chi connectivity index (χ2n) is 6.35. The van der Waals surface area contributed by atoms with Crippen molar-refractivity contribution >= 4 is 5.95 Å². The molecule has 0 atom stereocenters. The summed E-state index contributed by atoms with van der Waals surface area (Å²) in [7, 11) is 0. The quantitative estimate of drug-likeness (QED) is 0.871. The fourth-order valence-electron chi connectivity index (χ4n) is 2.84. The summed E-state index contributed by atoms with van der Waals surface area (Å²) in [6, 6.07) is 2.00. The van der Waals surface area contributed by atoms with Crippen LogP contribution in [0, 0.1) is 30.6 Å². The Morgan fingerprint density at radius 2 is 1.53 bits per heavy atom. The van der Waals surface area contributed by atoms with Crippen LogP contribution in [0.1, 0.15) is 39.1 Å². The first-order chi connectivity index (χ1) is 7.75. The lowest BCUT2D eigenvalue weighted by Crippen LogP contribution is -2.11. The van der Waals surface area contributed by atoms with Crippen LogP contribution in [0.15, 0.2) is 6.07 Å². The normalized spacial score (nSPS) is 21.3. The Labute approximate surface area is 104 Å². The molecule has 1 aliphatic carbocycles. The lowest BCUT2D eigenvalue weighted by Gasteiger charge is -2.07. The van der Waals surface area contributed by atoms with E-state index in [4.69, 9.17) is 0 Å². The zero-order valence-corrected chi connectivity index (χ0v) is 11.8. The molecule has 17 heavy (non-hydrogen) atoms. The van der Waals surface area contributed by atoms with Gasteiger partial charge in [-0.25, -0.2) is 9.97 Å². The molecule has 0 radical (unpaired) electrons. The minimum atomic E-state index is 0.416. The average molecular weight is 233 g/mol. The molecule has 3 heteroatoms. The van der Waals surface area contributed by atoms with E-state index in [0.717, 1.165) is 23.9 Å². The van der Waals surface area contributed by atoms with Crippen molar-refractivity contribution in [2.75, 3.05) is 11.9 Å². The summed E-state index contributed by atoms with van der Waals surface area (Å²) in [5.41, 5.74) is 2.88. The van der Waals surface area contributed by atoms with Gasteiger partial charge in [0.15, 0.2) is 0 Å². The van der Waals surface area contributed by atoms with E-state index in [2.05, 4.69) is 43.0 Å². The average Bonchev–Trinajstić information content (AvgIpc) is 2.53. The Kier molecular flexibility index (Phi) is 2.68. The first-order valence-corrected chi connectivity index (χ1v) is 6.31. The Bertz CT molecular complexity index is 401. The molecule has 0 bridgehead atoms. The van der Waals surface area contributed by atoms with Gasteiger partial charge in [-0.15, -0.1) is 0 Å². The van der Waals surface area contributed by atoms with E-state index in [1.165, 1.54) is 0 Å². The van der Waals surface area contributed by atoms with E-state index in [-0.39, 0.29) is 0 Å². The number of aromatic nitrogens is 2. The van der Waals surface area contributed by atoms with Crippen LogP contribution in [0.5, 0.6) is 0 Å². The highest BCUT2D eigenvalue weighted by Crippen LogP contribution is 2.68. The molecule has 2 rings (SSSR count). The first kappa shape index (κ1) is 12.3. The summed E-state index contributed by atoms with van der Waals surface area (Å²) in [6.07, 6.45) is 0. The molecule has 1 fully saturated rings. The van der Waals surface area contributed by atoms with Crippen LogP contribution in [-0.4, -0.2) is 16.5 Å². The number of rotatable bonds is 3. The predicted octanol–water partition coefficient (Wildman–Crippen LogP) is 3.19. The van der Waals surface area contributed by atoms with Crippen molar-refractivity contribution < 1.29 is 0 Å². The van der Waals surface area contributed by atoms with Gasteiger partial charge >= 0.3 is 0 Å². The van der Waals surface area contributed by atoms with Crippen molar-refractivity contribution in [3.8, 4) is 0 Å². The molecule has 0 aromatic carbocycles. The fourth-order valence-corrected chi connectivity index (χ4v) is 2.84. The van der Waals surface area contributed by atoms with Gasteiger partial charge in [0, 0.05) is 17.9 Å². The zero-order chi connectivity index (χ0) is 12.8. The minimum Gasteiger partial charge on any atom is -0.354 e. The smallest absolute Gasteiger partial charge is 0.223 e. The molecule has 0 amide bonds. The Balaban J connectivity index is 2.00. The summed E-state index contributed by atoms with van der Waals surface area (Å²) < 4.78 is 0. The number of nitrogens with one attached hydrogen (secondary N) is 1. The minimum absolute atomic E-state index is 0.416. The summed E-state index contributed by atoms with van der Waals surface area (Å²) in [5.74, 6) is 1.46. The molecule has 0 unspecified atom stereocenters. The third-order valence-corrected chi connectivity index (χ3v) is 4.77. The van der Waals surface area contributed by atoms with Crippen LogP contribution in [0.2, 0.25) is 0 Å².